The Kier molecular flexibility index (Phi) is 5.57. The number of rotatable bonds is 5. The Hall–Kier alpha value is -3.32. The molecule has 166 valence electrons. The van der Waals surface area contributed by atoms with Gasteiger partial charge in [-0.3, -0.25) is 4.79 Å². The van der Waals surface area contributed by atoms with E-state index in [-0.39, 0.29) is 18.6 Å². The predicted molar refractivity (Wildman–Crippen MR) is 123 cm³/mol. The second-order valence-corrected chi connectivity index (χ2v) is 8.65. The number of benzene rings is 2. The summed E-state index contributed by atoms with van der Waals surface area (Å²) >= 11 is 0. The Morgan fingerprint density at radius 3 is 2.59 bits per heavy atom. The van der Waals surface area contributed by atoms with Gasteiger partial charge in [-0.05, 0) is 61.7 Å². The Morgan fingerprint density at radius 2 is 1.84 bits per heavy atom. The average molecular weight is 433 g/mol. The monoisotopic (exact) mass is 432 g/mol. The van der Waals surface area contributed by atoms with E-state index in [4.69, 9.17) is 9.47 Å². The number of nitrogens with zero attached hydrogens (tertiary/aromatic N) is 2. The third-order valence-corrected chi connectivity index (χ3v) is 6.21. The number of aromatic nitrogens is 2. The van der Waals surface area contributed by atoms with Gasteiger partial charge in [0.15, 0.2) is 11.5 Å². The molecule has 32 heavy (non-hydrogen) atoms. The number of amides is 1. The summed E-state index contributed by atoms with van der Waals surface area (Å²) in [7, 11) is 0. The van der Waals surface area contributed by atoms with Crippen LogP contribution in [0.1, 0.15) is 60.1 Å². The van der Waals surface area contributed by atoms with Crippen molar-refractivity contribution in [1.82, 2.24) is 15.1 Å². The summed E-state index contributed by atoms with van der Waals surface area (Å²) in [6.07, 6.45) is 3.64. The van der Waals surface area contributed by atoms with Crippen molar-refractivity contribution in [2.45, 2.75) is 38.5 Å². The second-order valence-electron chi connectivity index (χ2n) is 8.65. The zero-order chi connectivity index (χ0) is 22.1. The highest BCUT2D eigenvalue weighted by atomic mass is 16.7. The van der Waals surface area contributed by atoms with Gasteiger partial charge in [0.25, 0.3) is 5.91 Å². The third kappa shape index (κ3) is 3.96. The predicted octanol–water partition coefficient (Wildman–Crippen LogP) is 4.44. The molecule has 0 spiro atoms. The molecule has 0 aliphatic carbocycles. The largest absolute Gasteiger partial charge is 0.454 e. The highest BCUT2D eigenvalue weighted by Gasteiger charge is 2.27. The van der Waals surface area contributed by atoms with Crippen molar-refractivity contribution < 1.29 is 14.3 Å². The molecule has 1 saturated heterocycles. The molecule has 0 atom stereocenters. The van der Waals surface area contributed by atoms with Crippen LogP contribution in [0.15, 0.2) is 48.7 Å². The molecule has 2 N–H and O–H groups in total. The van der Waals surface area contributed by atoms with Crippen LogP contribution in [0.25, 0.3) is 5.69 Å². The summed E-state index contributed by atoms with van der Waals surface area (Å²) in [6.45, 7) is 6.44. The van der Waals surface area contributed by atoms with Crippen molar-refractivity contribution in [1.29, 1.82) is 0 Å². The molecule has 7 nitrogen and oxygen atoms in total. The summed E-state index contributed by atoms with van der Waals surface area (Å²) in [5.41, 5.74) is 4.52. The van der Waals surface area contributed by atoms with Crippen molar-refractivity contribution in [2.75, 3.05) is 25.2 Å². The number of anilines is 1. The number of hydrogen-bond donors (Lipinski definition) is 2. The molecule has 1 aromatic heterocycles. The van der Waals surface area contributed by atoms with Gasteiger partial charge in [0.2, 0.25) is 6.79 Å². The van der Waals surface area contributed by atoms with Gasteiger partial charge in [0.05, 0.1) is 23.1 Å². The Bertz CT molecular complexity index is 1110. The van der Waals surface area contributed by atoms with Crippen LogP contribution < -0.4 is 20.1 Å². The van der Waals surface area contributed by atoms with Crippen LogP contribution in [0, 0.1) is 0 Å². The maximum atomic E-state index is 13.3. The average Bonchev–Trinajstić information content (AvgIpc) is 3.46. The van der Waals surface area contributed by atoms with Crippen molar-refractivity contribution >= 4 is 11.6 Å². The summed E-state index contributed by atoms with van der Waals surface area (Å²) in [5.74, 6) is 1.90. The first-order valence-corrected chi connectivity index (χ1v) is 11.2. The topological polar surface area (TPSA) is 77.4 Å². The SMILES string of the molecule is CC(C)c1ccc(-n2ncc(C(=O)Nc3ccc4c(c3)OCO4)c2C2CCNCC2)cc1. The van der Waals surface area contributed by atoms with Crippen molar-refractivity contribution in [3.63, 3.8) is 0 Å². The molecule has 3 aromatic rings. The van der Waals surface area contributed by atoms with E-state index in [9.17, 15) is 4.79 Å². The van der Waals surface area contributed by atoms with Gasteiger partial charge in [-0.15, -0.1) is 0 Å². The first kappa shape index (κ1) is 20.6. The maximum absolute atomic E-state index is 13.3. The molecule has 3 heterocycles. The number of nitrogens with one attached hydrogen (secondary N) is 2. The van der Waals surface area contributed by atoms with E-state index in [1.165, 1.54) is 5.56 Å². The molecule has 7 heteroatoms. The molecule has 2 aliphatic rings. The summed E-state index contributed by atoms with van der Waals surface area (Å²) in [4.78, 5) is 13.3. The highest BCUT2D eigenvalue weighted by Crippen LogP contribution is 2.35. The standard InChI is InChI=1S/C25H28N4O3/c1-16(2)17-3-6-20(7-4-17)29-24(18-9-11-26-12-10-18)21(14-27-29)25(30)28-19-5-8-22-23(13-19)32-15-31-22/h3-8,13-14,16,18,26H,9-12,15H2,1-2H3,(H,28,30). The molecule has 0 saturated carbocycles. The van der Waals surface area contributed by atoms with Crippen LogP contribution >= 0.6 is 0 Å². The lowest BCUT2D eigenvalue weighted by atomic mass is 9.91. The Labute approximate surface area is 187 Å². The molecule has 1 amide bonds. The van der Waals surface area contributed by atoms with Gasteiger partial charge >= 0.3 is 0 Å². The molecule has 0 bridgehead atoms. The normalized spacial score (nSPS) is 15.8. The molecule has 0 radical (unpaired) electrons. The molecule has 5 rings (SSSR count). The van der Waals surface area contributed by atoms with Crippen LogP contribution in [0.4, 0.5) is 5.69 Å². The minimum Gasteiger partial charge on any atom is -0.454 e. The van der Waals surface area contributed by atoms with E-state index in [1.807, 2.05) is 16.8 Å². The number of carbonyl (C=O) groups excluding carboxylic acids is 1. The zero-order valence-corrected chi connectivity index (χ0v) is 18.4. The number of fused-ring (bicyclic) bond motifs is 1. The van der Waals surface area contributed by atoms with Gasteiger partial charge < -0.3 is 20.1 Å². The summed E-state index contributed by atoms with van der Waals surface area (Å²) in [6, 6.07) is 13.9. The molecule has 1 fully saturated rings. The van der Waals surface area contributed by atoms with Gasteiger partial charge in [-0.1, -0.05) is 26.0 Å². The van der Waals surface area contributed by atoms with Gasteiger partial charge in [0.1, 0.15) is 0 Å². The van der Waals surface area contributed by atoms with Gasteiger partial charge in [-0.2, -0.15) is 5.10 Å². The van der Waals surface area contributed by atoms with E-state index in [0.29, 0.717) is 28.7 Å². The van der Waals surface area contributed by atoms with Gasteiger partial charge in [-0.25, -0.2) is 4.68 Å². The summed E-state index contributed by atoms with van der Waals surface area (Å²) in [5, 5.41) is 11.1. The second kappa shape index (κ2) is 8.67. The van der Waals surface area contributed by atoms with E-state index in [2.05, 4.69) is 53.8 Å². The van der Waals surface area contributed by atoms with Crippen LogP contribution in [-0.2, 0) is 0 Å². The van der Waals surface area contributed by atoms with E-state index < -0.39 is 0 Å². The fourth-order valence-corrected chi connectivity index (χ4v) is 4.40. The fraction of sp³-hybridized carbons (Fsp3) is 0.360. The molecule has 0 unspecified atom stereocenters. The number of hydrogen-bond acceptors (Lipinski definition) is 5. The number of carbonyl (C=O) groups is 1. The first-order valence-electron chi connectivity index (χ1n) is 11.2. The lowest BCUT2D eigenvalue weighted by Gasteiger charge is -2.25. The molecular weight excluding hydrogens is 404 g/mol. The van der Waals surface area contributed by atoms with E-state index in [1.54, 1.807) is 12.3 Å². The van der Waals surface area contributed by atoms with Gasteiger partial charge in [0, 0.05) is 17.7 Å². The van der Waals surface area contributed by atoms with Crippen molar-refractivity contribution in [3.05, 3.63) is 65.5 Å². The van der Waals surface area contributed by atoms with Crippen LogP contribution in [0.5, 0.6) is 11.5 Å². The van der Waals surface area contributed by atoms with Crippen LogP contribution in [-0.4, -0.2) is 35.6 Å². The van der Waals surface area contributed by atoms with Crippen molar-refractivity contribution in [2.24, 2.45) is 0 Å². The van der Waals surface area contributed by atoms with E-state index in [0.717, 1.165) is 37.3 Å². The number of piperidine rings is 1. The Balaban J connectivity index is 1.48. The lowest BCUT2D eigenvalue weighted by molar-refractivity contribution is 0.102. The lowest BCUT2D eigenvalue weighted by Crippen LogP contribution is -2.29. The molecule has 2 aromatic carbocycles. The van der Waals surface area contributed by atoms with E-state index >= 15 is 0 Å². The minimum atomic E-state index is -0.164. The van der Waals surface area contributed by atoms with Crippen LogP contribution in [0.3, 0.4) is 0 Å². The summed E-state index contributed by atoms with van der Waals surface area (Å²) < 4.78 is 12.7. The molecule has 2 aliphatic heterocycles. The quantitative estimate of drug-likeness (QED) is 0.623. The highest BCUT2D eigenvalue weighted by molar-refractivity contribution is 6.05. The minimum absolute atomic E-state index is 0.164. The van der Waals surface area contributed by atoms with Crippen molar-refractivity contribution in [3.8, 4) is 17.2 Å². The smallest absolute Gasteiger partial charge is 0.259 e. The fourth-order valence-electron chi connectivity index (χ4n) is 4.40. The van der Waals surface area contributed by atoms with Crippen LogP contribution in [0.2, 0.25) is 0 Å². The number of ether oxygens (including phenoxy) is 2. The first-order chi connectivity index (χ1) is 15.6. The molecular formula is C25H28N4O3. The maximum Gasteiger partial charge on any atom is 0.259 e. The zero-order valence-electron chi connectivity index (χ0n) is 18.4. The Morgan fingerprint density at radius 1 is 1.09 bits per heavy atom. The third-order valence-electron chi connectivity index (χ3n) is 6.21.